The van der Waals surface area contributed by atoms with Crippen molar-refractivity contribution in [1.82, 2.24) is 4.98 Å². The molecule has 1 aromatic carbocycles. The molecular weight excluding hydrogens is 246 g/mol. The van der Waals surface area contributed by atoms with Gasteiger partial charge >= 0.3 is 5.97 Å². The van der Waals surface area contributed by atoms with Gasteiger partial charge < -0.3 is 5.11 Å². The van der Waals surface area contributed by atoms with Crippen molar-refractivity contribution in [2.24, 2.45) is 0 Å². The molecule has 0 spiro atoms. The largest absolute Gasteiger partial charge is 0.481 e. The lowest BCUT2D eigenvalue weighted by Crippen LogP contribution is -1.98. The normalized spacial score (nSPS) is 10.6. The van der Waals surface area contributed by atoms with E-state index in [4.69, 9.17) is 5.11 Å². The lowest BCUT2D eigenvalue weighted by atomic mass is 10.1. The van der Waals surface area contributed by atoms with Crippen molar-refractivity contribution >= 4 is 17.3 Å². The molecule has 0 saturated heterocycles. The van der Waals surface area contributed by atoms with Crippen molar-refractivity contribution in [3.63, 3.8) is 0 Å². The number of carboxylic acid groups (broad SMARTS) is 1. The summed E-state index contributed by atoms with van der Waals surface area (Å²) in [5, 5.41) is 9.66. The second-order valence-corrected chi connectivity index (χ2v) is 5.48. The third kappa shape index (κ3) is 2.96. The first kappa shape index (κ1) is 12.8. The van der Waals surface area contributed by atoms with E-state index in [1.807, 2.05) is 6.92 Å². The van der Waals surface area contributed by atoms with E-state index in [0.717, 1.165) is 21.1 Å². The van der Waals surface area contributed by atoms with E-state index in [2.05, 4.69) is 36.2 Å². The smallest absolute Gasteiger partial charge is 0.303 e. The van der Waals surface area contributed by atoms with E-state index in [9.17, 15) is 4.79 Å². The quantitative estimate of drug-likeness (QED) is 0.917. The Bertz CT molecular complexity index is 558. The van der Waals surface area contributed by atoms with Crippen molar-refractivity contribution in [1.29, 1.82) is 0 Å². The third-order valence-electron chi connectivity index (χ3n) is 2.77. The highest BCUT2D eigenvalue weighted by molar-refractivity contribution is 7.15. The molecule has 0 aliphatic heterocycles. The van der Waals surface area contributed by atoms with Crippen LogP contribution < -0.4 is 0 Å². The number of carbonyl (C=O) groups is 1. The van der Waals surface area contributed by atoms with Gasteiger partial charge in [-0.3, -0.25) is 4.79 Å². The maximum atomic E-state index is 10.6. The molecule has 0 aliphatic carbocycles. The molecule has 1 aromatic heterocycles. The zero-order chi connectivity index (χ0) is 13.1. The van der Waals surface area contributed by atoms with Crippen molar-refractivity contribution in [2.45, 2.75) is 26.7 Å². The summed E-state index contributed by atoms with van der Waals surface area (Å²) in [6, 6.07) is 8.22. The molecule has 0 saturated carbocycles. The number of thiazole rings is 1. The molecule has 4 heteroatoms. The third-order valence-corrected chi connectivity index (χ3v) is 3.83. The molecule has 0 atom stereocenters. The van der Waals surface area contributed by atoms with E-state index in [-0.39, 0.29) is 6.42 Å². The summed E-state index contributed by atoms with van der Waals surface area (Å²) in [7, 11) is 0. The number of benzene rings is 1. The lowest BCUT2D eigenvalue weighted by molar-refractivity contribution is -0.136. The molecule has 94 valence electrons. The fourth-order valence-electron chi connectivity index (χ4n) is 1.70. The van der Waals surface area contributed by atoms with Crippen molar-refractivity contribution in [2.75, 3.05) is 0 Å². The SMILES string of the molecule is Cc1ccc(-c2nc(CCC(=O)O)c(C)s2)cc1. The Hall–Kier alpha value is -1.68. The minimum atomic E-state index is -0.778. The van der Waals surface area contributed by atoms with Crippen molar-refractivity contribution in [3.05, 3.63) is 40.4 Å². The zero-order valence-corrected chi connectivity index (χ0v) is 11.3. The summed E-state index contributed by atoms with van der Waals surface area (Å²) < 4.78 is 0. The molecule has 0 radical (unpaired) electrons. The van der Waals surface area contributed by atoms with E-state index >= 15 is 0 Å². The van der Waals surface area contributed by atoms with Gasteiger partial charge in [-0.05, 0) is 13.8 Å². The number of hydrogen-bond donors (Lipinski definition) is 1. The van der Waals surface area contributed by atoms with Gasteiger partial charge in [-0.25, -0.2) is 4.98 Å². The minimum absolute atomic E-state index is 0.137. The van der Waals surface area contributed by atoms with Crippen LogP contribution in [0.4, 0.5) is 0 Å². The van der Waals surface area contributed by atoms with Crippen LogP contribution in [-0.4, -0.2) is 16.1 Å². The molecule has 0 fully saturated rings. The van der Waals surface area contributed by atoms with Crippen LogP contribution in [0, 0.1) is 13.8 Å². The number of aromatic nitrogens is 1. The van der Waals surface area contributed by atoms with Gasteiger partial charge in [0.15, 0.2) is 0 Å². The average molecular weight is 261 g/mol. The van der Waals surface area contributed by atoms with Gasteiger partial charge in [0.25, 0.3) is 0 Å². The Morgan fingerprint density at radius 1 is 1.28 bits per heavy atom. The molecule has 0 bridgehead atoms. The number of carboxylic acids is 1. The molecule has 0 unspecified atom stereocenters. The van der Waals surface area contributed by atoms with Crippen LogP contribution in [0.3, 0.4) is 0 Å². The van der Waals surface area contributed by atoms with Gasteiger partial charge in [0.2, 0.25) is 0 Å². The molecular formula is C14H15NO2S. The lowest BCUT2D eigenvalue weighted by Gasteiger charge is -1.96. The molecule has 18 heavy (non-hydrogen) atoms. The first-order valence-electron chi connectivity index (χ1n) is 5.81. The molecule has 1 heterocycles. The highest BCUT2D eigenvalue weighted by Crippen LogP contribution is 2.28. The number of rotatable bonds is 4. The monoisotopic (exact) mass is 261 g/mol. The summed E-state index contributed by atoms with van der Waals surface area (Å²) in [5.74, 6) is -0.778. The molecule has 1 N–H and O–H groups in total. The average Bonchev–Trinajstić information content (AvgIpc) is 2.69. The van der Waals surface area contributed by atoms with E-state index in [1.165, 1.54) is 5.56 Å². The maximum Gasteiger partial charge on any atom is 0.303 e. The van der Waals surface area contributed by atoms with Crippen molar-refractivity contribution in [3.8, 4) is 10.6 Å². The highest BCUT2D eigenvalue weighted by Gasteiger charge is 2.10. The summed E-state index contributed by atoms with van der Waals surface area (Å²) in [4.78, 5) is 16.2. The number of nitrogens with zero attached hydrogens (tertiary/aromatic N) is 1. The molecule has 3 nitrogen and oxygen atoms in total. The predicted octanol–water partition coefficient (Wildman–Crippen LogP) is 3.44. The Balaban J connectivity index is 2.22. The Morgan fingerprint density at radius 3 is 2.56 bits per heavy atom. The second kappa shape index (κ2) is 5.31. The number of aliphatic carboxylic acids is 1. The van der Waals surface area contributed by atoms with Gasteiger partial charge in [-0.1, -0.05) is 29.8 Å². The van der Waals surface area contributed by atoms with Gasteiger partial charge in [0, 0.05) is 16.9 Å². The summed E-state index contributed by atoms with van der Waals surface area (Å²) >= 11 is 1.62. The fourth-order valence-corrected chi connectivity index (χ4v) is 2.67. The van der Waals surface area contributed by atoms with Crippen LogP contribution >= 0.6 is 11.3 Å². The van der Waals surface area contributed by atoms with Gasteiger partial charge in [0.1, 0.15) is 5.01 Å². The van der Waals surface area contributed by atoms with Crippen LogP contribution in [0.1, 0.15) is 22.6 Å². The Morgan fingerprint density at radius 2 is 1.94 bits per heavy atom. The Labute approximate surface area is 110 Å². The first-order chi connectivity index (χ1) is 8.56. The minimum Gasteiger partial charge on any atom is -0.481 e. The number of hydrogen-bond acceptors (Lipinski definition) is 3. The van der Waals surface area contributed by atoms with Crippen molar-refractivity contribution < 1.29 is 9.90 Å². The topological polar surface area (TPSA) is 50.2 Å². The summed E-state index contributed by atoms with van der Waals surface area (Å²) in [6.45, 7) is 4.04. The summed E-state index contributed by atoms with van der Waals surface area (Å²) in [6.07, 6.45) is 0.640. The van der Waals surface area contributed by atoms with Crippen LogP contribution in [0.15, 0.2) is 24.3 Å². The maximum absolute atomic E-state index is 10.6. The highest BCUT2D eigenvalue weighted by atomic mass is 32.1. The van der Waals surface area contributed by atoms with Gasteiger partial charge in [-0.15, -0.1) is 11.3 Å². The summed E-state index contributed by atoms with van der Waals surface area (Å²) in [5.41, 5.74) is 3.21. The fraction of sp³-hybridized carbons (Fsp3) is 0.286. The molecule has 2 rings (SSSR count). The van der Waals surface area contributed by atoms with Crippen LogP contribution in [-0.2, 0) is 11.2 Å². The number of aryl methyl sites for hydroxylation is 3. The predicted molar refractivity (Wildman–Crippen MR) is 73.0 cm³/mol. The first-order valence-corrected chi connectivity index (χ1v) is 6.63. The molecule has 2 aromatic rings. The molecule has 0 aliphatic rings. The van der Waals surface area contributed by atoms with Gasteiger partial charge in [0.05, 0.1) is 12.1 Å². The van der Waals surface area contributed by atoms with Crippen LogP contribution in [0.25, 0.3) is 10.6 Å². The standard InChI is InChI=1S/C14H15NO2S/c1-9-3-5-11(6-4-9)14-15-12(10(2)18-14)7-8-13(16)17/h3-6H,7-8H2,1-2H3,(H,16,17). The van der Waals surface area contributed by atoms with Gasteiger partial charge in [-0.2, -0.15) is 0 Å². The van der Waals surface area contributed by atoms with Crippen LogP contribution in [0.2, 0.25) is 0 Å². The Kier molecular flexibility index (Phi) is 3.77. The second-order valence-electron chi connectivity index (χ2n) is 4.28. The zero-order valence-electron chi connectivity index (χ0n) is 10.4. The van der Waals surface area contributed by atoms with E-state index in [1.54, 1.807) is 11.3 Å². The van der Waals surface area contributed by atoms with E-state index in [0.29, 0.717) is 6.42 Å². The van der Waals surface area contributed by atoms with E-state index < -0.39 is 5.97 Å². The molecule has 0 amide bonds. The van der Waals surface area contributed by atoms with Crippen LogP contribution in [0.5, 0.6) is 0 Å².